The number of Topliss-reactive ketones (excluding diaryl/α,β-unsaturated/α-hetero) is 1. The van der Waals surface area contributed by atoms with E-state index in [-0.39, 0.29) is 11.7 Å². The standard InChI is InChI=1S/C23H25N3O2/c1-17(27)18-9-10-19(16-24)21(15-18)25-11-13-26(14-12-25)22(28)23(2,3)20-7-5-4-6-8-20/h4-10,15H,11-14H2,1-3H3. The Hall–Kier alpha value is -3.13. The lowest BCUT2D eigenvalue weighted by molar-refractivity contribution is -0.136. The van der Waals surface area contributed by atoms with Gasteiger partial charge in [0.05, 0.1) is 16.7 Å². The van der Waals surface area contributed by atoms with Crippen molar-refractivity contribution in [3.63, 3.8) is 0 Å². The fourth-order valence-corrected chi connectivity index (χ4v) is 3.63. The number of hydrogen-bond acceptors (Lipinski definition) is 4. The molecule has 1 aliphatic rings. The number of nitriles is 1. The van der Waals surface area contributed by atoms with E-state index in [0.29, 0.717) is 37.3 Å². The van der Waals surface area contributed by atoms with Crippen LogP contribution in [0.15, 0.2) is 48.5 Å². The predicted octanol–water partition coefficient (Wildman–Crippen LogP) is 3.39. The molecule has 5 nitrogen and oxygen atoms in total. The number of hydrogen-bond donors (Lipinski definition) is 0. The molecule has 0 aliphatic carbocycles. The van der Waals surface area contributed by atoms with E-state index in [1.54, 1.807) is 18.2 Å². The molecule has 1 heterocycles. The molecule has 144 valence electrons. The van der Waals surface area contributed by atoms with Crippen LogP contribution in [0.2, 0.25) is 0 Å². The molecule has 0 bridgehead atoms. The van der Waals surface area contributed by atoms with Crippen molar-refractivity contribution in [1.29, 1.82) is 5.26 Å². The summed E-state index contributed by atoms with van der Waals surface area (Å²) in [6, 6.07) is 17.2. The number of benzene rings is 2. The van der Waals surface area contributed by atoms with E-state index in [4.69, 9.17) is 0 Å². The van der Waals surface area contributed by atoms with Crippen molar-refractivity contribution in [1.82, 2.24) is 4.90 Å². The molecule has 3 rings (SSSR count). The summed E-state index contributed by atoms with van der Waals surface area (Å²) in [6.45, 7) is 7.88. The van der Waals surface area contributed by atoms with Gasteiger partial charge in [0.1, 0.15) is 6.07 Å². The first-order valence-corrected chi connectivity index (χ1v) is 9.49. The molecule has 28 heavy (non-hydrogen) atoms. The first-order valence-electron chi connectivity index (χ1n) is 9.49. The number of nitrogens with zero attached hydrogens (tertiary/aromatic N) is 3. The summed E-state index contributed by atoms with van der Waals surface area (Å²) in [5.74, 6) is 0.0838. The van der Waals surface area contributed by atoms with E-state index in [1.165, 1.54) is 6.92 Å². The van der Waals surface area contributed by atoms with Crippen molar-refractivity contribution < 1.29 is 9.59 Å². The SMILES string of the molecule is CC(=O)c1ccc(C#N)c(N2CCN(C(=O)C(C)(C)c3ccccc3)CC2)c1. The van der Waals surface area contributed by atoms with Crippen LogP contribution in [0, 0.1) is 11.3 Å². The molecule has 5 heteroatoms. The minimum absolute atomic E-state index is 0.0239. The highest BCUT2D eigenvalue weighted by Gasteiger charge is 2.35. The highest BCUT2D eigenvalue weighted by Crippen LogP contribution is 2.28. The fourth-order valence-electron chi connectivity index (χ4n) is 3.63. The van der Waals surface area contributed by atoms with E-state index < -0.39 is 5.41 Å². The molecule has 1 amide bonds. The van der Waals surface area contributed by atoms with Crippen LogP contribution < -0.4 is 4.90 Å². The van der Waals surface area contributed by atoms with Gasteiger partial charge in [-0.1, -0.05) is 30.3 Å². The molecular formula is C23H25N3O2. The number of amides is 1. The zero-order valence-electron chi connectivity index (χ0n) is 16.6. The summed E-state index contributed by atoms with van der Waals surface area (Å²) in [5, 5.41) is 9.43. The highest BCUT2D eigenvalue weighted by atomic mass is 16.2. The average Bonchev–Trinajstić information content (AvgIpc) is 2.73. The van der Waals surface area contributed by atoms with Crippen LogP contribution in [0.1, 0.15) is 42.3 Å². The van der Waals surface area contributed by atoms with Crippen LogP contribution in [-0.2, 0) is 10.2 Å². The summed E-state index contributed by atoms with van der Waals surface area (Å²) in [6.07, 6.45) is 0. The van der Waals surface area contributed by atoms with E-state index in [1.807, 2.05) is 49.1 Å². The molecular weight excluding hydrogens is 350 g/mol. The van der Waals surface area contributed by atoms with E-state index in [0.717, 1.165) is 11.3 Å². The van der Waals surface area contributed by atoms with Crippen LogP contribution in [0.3, 0.4) is 0 Å². The molecule has 1 fully saturated rings. The quantitative estimate of drug-likeness (QED) is 0.769. The molecule has 0 saturated carbocycles. The Balaban J connectivity index is 1.75. The highest BCUT2D eigenvalue weighted by molar-refractivity contribution is 5.95. The van der Waals surface area contributed by atoms with Crippen molar-refractivity contribution in [2.45, 2.75) is 26.2 Å². The van der Waals surface area contributed by atoms with Crippen LogP contribution in [0.25, 0.3) is 0 Å². The summed E-state index contributed by atoms with van der Waals surface area (Å²) in [7, 11) is 0. The van der Waals surface area contributed by atoms with E-state index in [9.17, 15) is 14.9 Å². The molecule has 0 radical (unpaired) electrons. The van der Waals surface area contributed by atoms with Crippen molar-refractivity contribution in [3.05, 3.63) is 65.2 Å². The predicted molar refractivity (Wildman–Crippen MR) is 109 cm³/mol. The third-order valence-corrected chi connectivity index (χ3v) is 5.46. The van der Waals surface area contributed by atoms with E-state index >= 15 is 0 Å². The molecule has 0 unspecified atom stereocenters. The molecule has 2 aromatic carbocycles. The zero-order valence-corrected chi connectivity index (χ0v) is 16.6. The van der Waals surface area contributed by atoms with E-state index in [2.05, 4.69) is 11.0 Å². The first kappa shape index (κ1) is 19.6. The van der Waals surface area contributed by atoms with Gasteiger partial charge in [-0.15, -0.1) is 0 Å². The van der Waals surface area contributed by atoms with Gasteiger partial charge in [0, 0.05) is 31.7 Å². The summed E-state index contributed by atoms with van der Waals surface area (Å²) in [5.41, 5.74) is 2.33. The van der Waals surface area contributed by atoms with Crippen molar-refractivity contribution in [2.24, 2.45) is 0 Å². The maximum Gasteiger partial charge on any atom is 0.232 e. The second kappa shape index (κ2) is 7.85. The Morgan fingerprint density at radius 3 is 2.21 bits per heavy atom. The normalized spacial score (nSPS) is 14.5. The Morgan fingerprint density at radius 2 is 1.64 bits per heavy atom. The lowest BCUT2D eigenvalue weighted by Gasteiger charge is -2.40. The van der Waals surface area contributed by atoms with Gasteiger partial charge in [-0.2, -0.15) is 5.26 Å². The maximum atomic E-state index is 13.1. The third kappa shape index (κ3) is 3.77. The minimum Gasteiger partial charge on any atom is -0.367 e. The molecule has 0 atom stereocenters. The van der Waals surface area contributed by atoms with Crippen LogP contribution in [-0.4, -0.2) is 42.8 Å². The number of carbonyl (C=O) groups excluding carboxylic acids is 2. The Kier molecular flexibility index (Phi) is 5.51. The Morgan fingerprint density at radius 1 is 1.00 bits per heavy atom. The molecule has 0 aromatic heterocycles. The Labute approximate surface area is 166 Å². The summed E-state index contributed by atoms with van der Waals surface area (Å²) in [4.78, 5) is 28.8. The number of rotatable bonds is 4. The molecule has 1 saturated heterocycles. The topological polar surface area (TPSA) is 64.4 Å². The molecule has 2 aromatic rings. The van der Waals surface area contributed by atoms with Gasteiger partial charge in [-0.05, 0) is 44.5 Å². The number of carbonyl (C=O) groups is 2. The number of ketones is 1. The second-order valence-electron chi connectivity index (χ2n) is 7.67. The zero-order chi connectivity index (χ0) is 20.3. The maximum absolute atomic E-state index is 13.1. The van der Waals surface area contributed by atoms with Gasteiger partial charge in [-0.25, -0.2) is 0 Å². The van der Waals surface area contributed by atoms with Crippen LogP contribution in [0.4, 0.5) is 5.69 Å². The van der Waals surface area contributed by atoms with Crippen molar-refractivity contribution in [3.8, 4) is 6.07 Å². The third-order valence-electron chi connectivity index (χ3n) is 5.46. The van der Waals surface area contributed by atoms with Crippen LogP contribution in [0.5, 0.6) is 0 Å². The van der Waals surface area contributed by atoms with Gasteiger partial charge in [0.25, 0.3) is 0 Å². The molecule has 0 spiro atoms. The van der Waals surface area contributed by atoms with Gasteiger partial charge >= 0.3 is 0 Å². The number of anilines is 1. The Bertz CT molecular complexity index is 921. The van der Waals surface area contributed by atoms with Crippen molar-refractivity contribution >= 4 is 17.4 Å². The average molecular weight is 375 g/mol. The monoisotopic (exact) mass is 375 g/mol. The van der Waals surface area contributed by atoms with Gasteiger partial charge in [-0.3, -0.25) is 9.59 Å². The fraction of sp³-hybridized carbons (Fsp3) is 0.348. The smallest absolute Gasteiger partial charge is 0.232 e. The van der Waals surface area contributed by atoms with Gasteiger partial charge in [0.15, 0.2) is 5.78 Å². The lowest BCUT2D eigenvalue weighted by Crippen LogP contribution is -2.53. The van der Waals surface area contributed by atoms with Crippen LogP contribution >= 0.6 is 0 Å². The molecule has 0 N–H and O–H groups in total. The summed E-state index contributed by atoms with van der Waals surface area (Å²) < 4.78 is 0. The minimum atomic E-state index is -0.588. The largest absolute Gasteiger partial charge is 0.367 e. The number of piperazine rings is 1. The lowest BCUT2D eigenvalue weighted by atomic mass is 9.83. The van der Waals surface area contributed by atoms with Crippen molar-refractivity contribution in [2.75, 3.05) is 31.1 Å². The second-order valence-corrected chi connectivity index (χ2v) is 7.67. The van der Waals surface area contributed by atoms with Gasteiger partial charge in [0.2, 0.25) is 5.91 Å². The molecule has 1 aliphatic heterocycles. The summed E-state index contributed by atoms with van der Waals surface area (Å²) >= 11 is 0. The first-order chi connectivity index (χ1) is 13.3. The van der Waals surface area contributed by atoms with Gasteiger partial charge < -0.3 is 9.80 Å².